The van der Waals surface area contributed by atoms with Crippen molar-refractivity contribution in [1.82, 2.24) is 5.32 Å². The molecule has 0 aliphatic heterocycles. The monoisotopic (exact) mass is 246 g/mol. The molecule has 0 spiro atoms. The molecule has 1 amide bonds. The highest BCUT2D eigenvalue weighted by molar-refractivity contribution is 5.79. The summed E-state index contributed by atoms with van der Waals surface area (Å²) in [5.74, 6) is -3.33. The average Bonchev–Trinajstić information content (AvgIpc) is 2.62. The van der Waals surface area contributed by atoms with Gasteiger partial charge in [0, 0.05) is 30.8 Å². The molecule has 1 atom stereocenters. The van der Waals surface area contributed by atoms with Crippen LogP contribution in [0.25, 0.3) is 0 Å². The van der Waals surface area contributed by atoms with E-state index >= 15 is 0 Å². The van der Waals surface area contributed by atoms with Crippen LogP contribution in [0.3, 0.4) is 0 Å². The van der Waals surface area contributed by atoms with Gasteiger partial charge in [0.15, 0.2) is 0 Å². The van der Waals surface area contributed by atoms with Crippen molar-refractivity contribution in [2.45, 2.75) is 63.0 Å². The van der Waals surface area contributed by atoms with Gasteiger partial charge in [0.2, 0.25) is 11.8 Å². The highest BCUT2D eigenvalue weighted by Crippen LogP contribution is 2.39. The lowest BCUT2D eigenvalue weighted by atomic mass is 9.91. The third kappa shape index (κ3) is 3.37. The maximum Gasteiger partial charge on any atom is 0.248 e. The maximum atomic E-state index is 13.0. The molecular formula is C12H20F2N2O. The quantitative estimate of drug-likeness (QED) is 0.780. The predicted octanol–water partition coefficient (Wildman–Crippen LogP) is 1.81. The zero-order valence-corrected chi connectivity index (χ0v) is 9.92. The molecule has 0 aromatic heterocycles. The van der Waals surface area contributed by atoms with Crippen molar-refractivity contribution >= 4 is 5.91 Å². The van der Waals surface area contributed by atoms with Gasteiger partial charge < -0.3 is 11.1 Å². The molecule has 0 saturated heterocycles. The second kappa shape index (κ2) is 4.88. The minimum atomic E-state index is -2.64. The fourth-order valence-electron chi connectivity index (χ4n) is 2.76. The van der Waals surface area contributed by atoms with Gasteiger partial charge in [0.1, 0.15) is 0 Å². The van der Waals surface area contributed by atoms with Crippen LogP contribution in [0.1, 0.15) is 44.9 Å². The van der Waals surface area contributed by atoms with Gasteiger partial charge in [-0.25, -0.2) is 8.78 Å². The zero-order chi connectivity index (χ0) is 12.5. The summed E-state index contributed by atoms with van der Waals surface area (Å²) in [6.07, 6.45) is 3.43. The molecule has 0 bridgehead atoms. The third-order valence-electron chi connectivity index (χ3n) is 3.89. The predicted molar refractivity (Wildman–Crippen MR) is 60.7 cm³/mol. The van der Waals surface area contributed by atoms with Crippen LogP contribution in [0.4, 0.5) is 8.78 Å². The van der Waals surface area contributed by atoms with E-state index in [2.05, 4.69) is 5.32 Å². The summed E-state index contributed by atoms with van der Waals surface area (Å²) in [4.78, 5) is 11.8. The Morgan fingerprint density at radius 2 is 1.82 bits per heavy atom. The number of hydrogen-bond acceptors (Lipinski definition) is 2. The molecule has 98 valence electrons. The highest BCUT2D eigenvalue weighted by atomic mass is 19.3. The second-order valence-corrected chi connectivity index (χ2v) is 5.42. The molecule has 3 nitrogen and oxygen atoms in total. The minimum absolute atomic E-state index is 0.136. The molecule has 2 rings (SSSR count). The van der Waals surface area contributed by atoms with Crippen molar-refractivity contribution in [3.05, 3.63) is 0 Å². The van der Waals surface area contributed by atoms with E-state index in [1.54, 1.807) is 0 Å². The summed E-state index contributed by atoms with van der Waals surface area (Å²) >= 11 is 0. The van der Waals surface area contributed by atoms with Crippen LogP contribution < -0.4 is 11.1 Å². The van der Waals surface area contributed by atoms with Crippen LogP contribution in [0.5, 0.6) is 0 Å². The zero-order valence-electron chi connectivity index (χ0n) is 9.92. The smallest absolute Gasteiger partial charge is 0.248 e. The van der Waals surface area contributed by atoms with E-state index < -0.39 is 11.8 Å². The van der Waals surface area contributed by atoms with Gasteiger partial charge >= 0.3 is 0 Å². The Labute approximate surface area is 100 Å². The van der Waals surface area contributed by atoms with E-state index in [9.17, 15) is 13.6 Å². The Morgan fingerprint density at radius 3 is 2.35 bits per heavy atom. The van der Waals surface area contributed by atoms with Crippen molar-refractivity contribution in [1.29, 1.82) is 0 Å². The molecule has 17 heavy (non-hydrogen) atoms. The SMILES string of the molecule is NC1CCC(NC(=O)C2CCC(F)(F)C2)CC1. The summed E-state index contributed by atoms with van der Waals surface area (Å²) in [5, 5.41) is 2.89. The Kier molecular flexibility index (Phi) is 3.66. The molecule has 0 heterocycles. The summed E-state index contributed by atoms with van der Waals surface area (Å²) < 4.78 is 26.0. The Balaban J connectivity index is 1.78. The number of carbonyl (C=O) groups excluding carboxylic acids is 1. The lowest BCUT2D eigenvalue weighted by molar-refractivity contribution is -0.126. The van der Waals surface area contributed by atoms with Crippen molar-refractivity contribution in [2.24, 2.45) is 11.7 Å². The summed E-state index contributed by atoms with van der Waals surface area (Å²) in [6, 6.07) is 0.371. The number of hydrogen-bond donors (Lipinski definition) is 2. The fourth-order valence-corrected chi connectivity index (χ4v) is 2.76. The molecule has 5 heteroatoms. The number of amides is 1. The van der Waals surface area contributed by atoms with Gasteiger partial charge in [-0.3, -0.25) is 4.79 Å². The van der Waals surface area contributed by atoms with Crippen molar-refractivity contribution < 1.29 is 13.6 Å². The standard InChI is InChI=1S/C12H20F2N2O/c13-12(14)6-5-8(7-12)11(17)16-10-3-1-9(15)2-4-10/h8-10H,1-7,15H2,(H,16,17). The molecule has 0 aromatic rings. The average molecular weight is 246 g/mol. The summed E-state index contributed by atoms with van der Waals surface area (Å²) in [6.45, 7) is 0. The fraction of sp³-hybridized carbons (Fsp3) is 0.917. The number of nitrogens with one attached hydrogen (secondary N) is 1. The Morgan fingerprint density at radius 1 is 1.18 bits per heavy atom. The van der Waals surface area contributed by atoms with Crippen LogP contribution in [-0.2, 0) is 4.79 Å². The minimum Gasteiger partial charge on any atom is -0.353 e. The molecule has 1 unspecified atom stereocenters. The molecule has 3 N–H and O–H groups in total. The second-order valence-electron chi connectivity index (χ2n) is 5.42. The van der Waals surface area contributed by atoms with Gasteiger partial charge in [0.25, 0.3) is 0 Å². The lowest BCUT2D eigenvalue weighted by Gasteiger charge is -2.27. The maximum absolute atomic E-state index is 13.0. The first kappa shape index (κ1) is 12.7. The van der Waals surface area contributed by atoms with Gasteiger partial charge in [-0.15, -0.1) is 0 Å². The number of rotatable bonds is 2. The Bertz CT molecular complexity index is 288. The lowest BCUT2D eigenvalue weighted by Crippen LogP contribution is -2.42. The molecule has 0 aromatic carbocycles. The van der Waals surface area contributed by atoms with Gasteiger partial charge in [0.05, 0.1) is 0 Å². The molecule has 2 fully saturated rings. The number of carbonyl (C=O) groups is 1. The van der Waals surface area contributed by atoms with Crippen LogP contribution in [0.15, 0.2) is 0 Å². The molecule has 0 radical (unpaired) electrons. The molecule has 2 saturated carbocycles. The number of halogens is 2. The Hall–Kier alpha value is -0.710. The summed E-state index contributed by atoms with van der Waals surface area (Å²) in [7, 11) is 0. The molecule has 2 aliphatic rings. The van der Waals surface area contributed by atoms with Gasteiger partial charge in [-0.1, -0.05) is 0 Å². The topological polar surface area (TPSA) is 55.1 Å². The van der Waals surface area contributed by atoms with E-state index in [0.29, 0.717) is 6.42 Å². The molecule has 2 aliphatic carbocycles. The van der Waals surface area contributed by atoms with E-state index in [1.165, 1.54) is 0 Å². The van der Waals surface area contributed by atoms with E-state index in [1.807, 2.05) is 0 Å². The van der Waals surface area contributed by atoms with Crippen LogP contribution in [0.2, 0.25) is 0 Å². The number of alkyl halides is 2. The van der Waals surface area contributed by atoms with Crippen molar-refractivity contribution in [2.75, 3.05) is 0 Å². The largest absolute Gasteiger partial charge is 0.353 e. The van der Waals surface area contributed by atoms with E-state index in [0.717, 1.165) is 25.7 Å². The van der Waals surface area contributed by atoms with Crippen molar-refractivity contribution in [3.8, 4) is 0 Å². The highest BCUT2D eigenvalue weighted by Gasteiger charge is 2.42. The van der Waals surface area contributed by atoms with Crippen LogP contribution in [0, 0.1) is 5.92 Å². The molecular weight excluding hydrogens is 226 g/mol. The van der Waals surface area contributed by atoms with Gasteiger partial charge in [-0.2, -0.15) is 0 Å². The normalized spacial score (nSPS) is 36.8. The van der Waals surface area contributed by atoms with Crippen LogP contribution in [-0.4, -0.2) is 23.9 Å². The van der Waals surface area contributed by atoms with Gasteiger partial charge in [-0.05, 0) is 32.1 Å². The van der Waals surface area contributed by atoms with E-state index in [-0.39, 0.29) is 30.8 Å². The summed E-state index contributed by atoms with van der Waals surface area (Å²) in [5.41, 5.74) is 5.77. The third-order valence-corrected chi connectivity index (χ3v) is 3.89. The van der Waals surface area contributed by atoms with Crippen molar-refractivity contribution in [3.63, 3.8) is 0 Å². The first-order valence-corrected chi connectivity index (χ1v) is 6.40. The first-order valence-electron chi connectivity index (χ1n) is 6.40. The van der Waals surface area contributed by atoms with Crippen LogP contribution >= 0.6 is 0 Å². The first-order chi connectivity index (χ1) is 7.96. The van der Waals surface area contributed by atoms with E-state index in [4.69, 9.17) is 5.73 Å². The number of nitrogens with two attached hydrogens (primary N) is 1.